The maximum Gasteiger partial charge on any atom is 0.252 e. The van der Waals surface area contributed by atoms with E-state index in [1.165, 1.54) is 0 Å². The SMILES string of the molecule is CC[C@H](c1nnnn1CCOC)N(CCc1ccc(OC)c(OC)c1)Cc1cc2ccc(C)cc2[nH]c1=O. The second-order valence-corrected chi connectivity index (χ2v) is 9.30. The Morgan fingerprint density at radius 2 is 1.87 bits per heavy atom. The van der Waals surface area contributed by atoms with Gasteiger partial charge in [0, 0.05) is 31.3 Å². The van der Waals surface area contributed by atoms with Crippen molar-refractivity contribution < 1.29 is 14.2 Å². The Bertz CT molecular complexity index is 1420. The highest BCUT2D eigenvalue weighted by Gasteiger charge is 2.26. The van der Waals surface area contributed by atoms with E-state index >= 15 is 0 Å². The summed E-state index contributed by atoms with van der Waals surface area (Å²) in [6.45, 7) is 6.30. The maximum absolute atomic E-state index is 13.1. The van der Waals surface area contributed by atoms with Crippen LogP contribution in [0.15, 0.2) is 47.3 Å². The van der Waals surface area contributed by atoms with Crippen LogP contribution in [0, 0.1) is 6.92 Å². The Labute approximate surface area is 222 Å². The zero-order valence-corrected chi connectivity index (χ0v) is 22.7. The molecule has 0 fully saturated rings. The van der Waals surface area contributed by atoms with E-state index < -0.39 is 0 Å². The molecule has 38 heavy (non-hydrogen) atoms. The normalized spacial score (nSPS) is 12.3. The van der Waals surface area contributed by atoms with Crippen LogP contribution in [0.3, 0.4) is 0 Å². The first-order chi connectivity index (χ1) is 18.5. The number of fused-ring (bicyclic) bond motifs is 1. The molecule has 0 radical (unpaired) electrons. The Hall–Kier alpha value is -3.76. The van der Waals surface area contributed by atoms with Crippen LogP contribution in [-0.4, -0.2) is 64.6 Å². The number of ether oxygens (including phenoxy) is 3. The molecule has 0 bridgehead atoms. The minimum Gasteiger partial charge on any atom is -0.493 e. The largest absolute Gasteiger partial charge is 0.493 e. The van der Waals surface area contributed by atoms with Gasteiger partial charge in [0.2, 0.25) is 0 Å². The molecule has 202 valence electrons. The van der Waals surface area contributed by atoms with Crippen molar-refractivity contribution in [1.82, 2.24) is 30.1 Å². The number of nitrogens with zero attached hydrogens (tertiary/aromatic N) is 5. The van der Waals surface area contributed by atoms with Gasteiger partial charge in [0.1, 0.15) is 0 Å². The molecule has 0 amide bonds. The lowest BCUT2D eigenvalue weighted by Gasteiger charge is -2.30. The van der Waals surface area contributed by atoms with Gasteiger partial charge >= 0.3 is 0 Å². The average Bonchev–Trinajstić information content (AvgIpc) is 3.39. The van der Waals surface area contributed by atoms with Gasteiger partial charge in [-0.2, -0.15) is 0 Å². The molecule has 1 atom stereocenters. The number of benzene rings is 2. The molecular weight excluding hydrogens is 484 g/mol. The lowest BCUT2D eigenvalue weighted by atomic mass is 10.1. The van der Waals surface area contributed by atoms with Gasteiger partial charge in [-0.1, -0.05) is 25.1 Å². The summed E-state index contributed by atoms with van der Waals surface area (Å²) < 4.78 is 17.9. The van der Waals surface area contributed by atoms with Crippen LogP contribution in [-0.2, 0) is 24.2 Å². The summed E-state index contributed by atoms with van der Waals surface area (Å²) >= 11 is 0. The van der Waals surface area contributed by atoms with Crippen LogP contribution in [0.5, 0.6) is 11.5 Å². The first-order valence-corrected chi connectivity index (χ1v) is 12.8. The Kier molecular flexibility index (Phi) is 9.09. The third-order valence-corrected chi connectivity index (χ3v) is 6.78. The Morgan fingerprint density at radius 3 is 2.61 bits per heavy atom. The third-order valence-electron chi connectivity index (χ3n) is 6.78. The van der Waals surface area contributed by atoms with Gasteiger partial charge in [-0.3, -0.25) is 9.69 Å². The van der Waals surface area contributed by atoms with E-state index in [4.69, 9.17) is 14.2 Å². The van der Waals surface area contributed by atoms with E-state index in [1.54, 1.807) is 26.0 Å². The van der Waals surface area contributed by atoms with Gasteiger partial charge in [-0.25, -0.2) is 4.68 Å². The predicted molar refractivity (Wildman–Crippen MR) is 146 cm³/mol. The fraction of sp³-hybridized carbons (Fsp3) is 0.429. The van der Waals surface area contributed by atoms with Crippen molar-refractivity contribution in [3.8, 4) is 11.5 Å². The van der Waals surface area contributed by atoms with Crippen molar-refractivity contribution in [2.24, 2.45) is 0 Å². The highest BCUT2D eigenvalue weighted by molar-refractivity contribution is 5.79. The molecule has 10 heteroatoms. The smallest absolute Gasteiger partial charge is 0.252 e. The monoisotopic (exact) mass is 520 g/mol. The van der Waals surface area contributed by atoms with Crippen molar-refractivity contribution in [1.29, 1.82) is 0 Å². The molecule has 10 nitrogen and oxygen atoms in total. The molecular formula is C28H36N6O4. The average molecular weight is 521 g/mol. The lowest BCUT2D eigenvalue weighted by molar-refractivity contribution is 0.158. The summed E-state index contributed by atoms with van der Waals surface area (Å²) in [5, 5.41) is 13.5. The van der Waals surface area contributed by atoms with Crippen LogP contribution >= 0.6 is 0 Å². The van der Waals surface area contributed by atoms with E-state index in [-0.39, 0.29) is 11.6 Å². The quantitative estimate of drug-likeness (QED) is 0.285. The molecule has 1 N–H and O–H groups in total. The van der Waals surface area contributed by atoms with E-state index in [0.29, 0.717) is 43.3 Å². The maximum atomic E-state index is 13.1. The number of tetrazole rings is 1. The molecule has 2 aromatic carbocycles. The molecule has 0 unspecified atom stereocenters. The van der Waals surface area contributed by atoms with E-state index in [0.717, 1.165) is 40.7 Å². The van der Waals surface area contributed by atoms with Gasteiger partial charge in [-0.15, -0.1) is 5.10 Å². The molecule has 2 aromatic heterocycles. The number of pyridine rings is 1. The van der Waals surface area contributed by atoms with Gasteiger partial charge < -0.3 is 19.2 Å². The summed E-state index contributed by atoms with van der Waals surface area (Å²) in [5.74, 6) is 2.13. The molecule has 2 heterocycles. The topological polar surface area (TPSA) is 107 Å². The fourth-order valence-electron chi connectivity index (χ4n) is 4.74. The highest BCUT2D eigenvalue weighted by atomic mass is 16.5. The summed E-state index contributed by atoms with van der Waals surface area (Å²) in [6.07, 6.45) is 1.51. The van der Waals surface area contributed by atoms with E-state index in [9.17, 15) is 4.79 Å². The summed E-state index contributed by atoms with van der Waals surface area (Å²) in [4.78, 5) is 18.5. The van der Waals surface area contributed by atoms with Gasteiger partial charge in [0.25, 0.3) is 5.56 Å². The first kappa shape index (κ1) is 27.3. The number of hydrogen-bond donors (Lipinski definition) is 1. The van der Waals surface area contributed by atoms with E-state index in [2.05, 4.69) is 38.4 Å². The van der Waals surface area contributed by atoms with Crippen LogP contribution in [0.1, 0.15) is 41.9 Å². The molecule has 0 aliphatic rings. The second-order valence-electron chi connectivity index (χ2n) is 9.30. The standard InChI is InChI=1S/C28H36N6O4/c1-6-24(27-30-31-32-34(27)13-14-36-3)33(12-11-20-8-10-25(37-4)26(16-20)38-5)18-22-17-21-9-7-19(2)15-23(21)29-28(22)35/h7-10,15-17,24H,6,11-14,18H2,1-5H3,(H,29,35)/t24-/m1/s1. The van der Waals surface area contributed by atoms with Crippen LogP contribution in [0.4, 0.5) is 0 Å². The minimum absolute atomic E-state index is 0.0898. The van der Waals surface area contributed by atoms with Gasteiger partial charge in [0.15, 0.2) is 17.3 Å². The zero-order chi connectivity index (χ0) is 27.1. The van der Waals surface area contributed by atoms with Crippen molar-refractivity contribution in [2.45, 2.75) is 45.8 Å². The van der Waals surface area contributed by atoms with Gasteiger partial charge in [0.05, 0.1) is 33.4 Å². The lowest BCUT2D eigenvalue weighted by Crippen LogP contribution is -2.34. The second kappa shape index (κ2) is 12.7. The Morgan fingerprint density at radius 1 is 1.05 bits per heavy atom. The summed E-state index contributed by atoms with van der Waals surface area (Å²) in [6, 6.07) is 13.9. The molecule has 0 saturated carbocycles. The van der Waals surface area contributed by atoms with Crippen LogP contribution < -0.4 is 15.0 Å². The van der Waals surface area contributed by atoms with Crippen LogP contribution in [0.25, 0.3) is 10.9 Å². The minimum atomic E-state index is -0.102. The molecule has 0 saturated heterocycles. The summed E-state index contributed by atoms with van der Waals surface area (Å²) in [7, 11) is 4.92. The fourth-order valence-corrected chi connectivity index (χ4v) is 4.74. The number of aryl methyl sites for hydroxylation is 1. The van der Waals surface area contributed by atoms with Crippen molar-refractivity contribution in [3.63, 3.8) is 0 Å². The molecule has 0 aliphatic carbocycles. The number of aromatic amines is 1. The molecule has 0 aliphatic heterocycles. The number of aromatic nitrogens is 5. The summed E-state index contributed by atoms with van der Waals surface area (Å²) in [5.41, 5.74) is 3.65. The number of hydrogen-bond acceptors (Lipinski definition) is 8. The number of nitrogens with one attached hydrogen (secondary N) is 1. The Balaban J connectivity index is 1.67. The first-order valence-electron chi connectivity index (χ1n) is 12.8. The zero-order valence-electron chi connectivity index (χ0n) is 22.7. The highest BCUT2D eigenvalue weighted by Crippen LogP contribution is 2.29. The number of methoxy groups -OCH3 is 3. The van der Waals surface area contributed by atoms with Crippen LogP contribution in [0.2, 0.25) is 0 Å². The number of rotatable bonds is 13. The van der Waals surface area contributed by atoms with Crippen molar-refractivity contribution in [2.75, 3.05) is 34.5 Å². The third kappa shape index (κ3) is 6.20. The molecule has 4 rings (SSSR count). The number of H-pyrrole nitrogens is 1. The van der Waals surface area contributed by atoms with E-state index in [1.807, 2.05) is 43.3 Å². The van der Waals surface area contributed by atoms with Gasteiger partial charge in [-0.05, 0) is 71.0 Å². The predicted octanol–water partition coefficient (Wildman–Crippen LogP) is 3.68. The molecule has 0 spiro atoms. The van der Waals surface area contributed by atoms with Crippen molar-refractivity contribution in [3.05, 3.63) is 75.3 Å². The molecule has 4 aromatic rings. The van der Waals surface area contributed by atoms with Crippen molar-refractivity contribution >= 4 is 10.9 Å².